The van der Waals surface area contributed by atoms with Gasteiger partial charge in [-0.2, -0.15) is 26.3 Å². The molecule has 128 valence electrons. The molecule has 4 nitrogen and oxygen atoms in total. The molecule has 1 heterocycles. The normalized spacial score (nSPS) is 12.1. The largest absolute Gasteiger partial charge is 0.497 e. The molecule has 1 aromatic carbocycles. The van der Waals surface area contributed by atoms with Crippen LogP contribution in [0.1, 0.15) is 16.1 Å². The molecule has 1 aromatic heterocycles. The number of alkyl halides is 6. The van der Waals surface area contributed by atoms with Crippen LogP contribution in [0.5, 0.6) is 5.75 Å². The summed E-state index contributed by atoms with van der Waals surface area (Å²) in [5, 5.41) is 0. The summed E-state index contributed by atoms with van der Waals surface area (Å²) in [5.74, 6) is -2.71. The van der Waals surface area contributed by atoms with Crippen molar-refractivity contribution in [2.75, 3.05) is 7.11 Å². The third-order valence-corrected chi connectivity index (χ3v) is 2.91. The van der Waals surface area contributed by atoms with Gasteiger partial charge in [-0.1, -0.05) is 0 Å². The second kappa shape index (κ2) is 6.10. The fourth-order valence-electron chi connectivity index (χ4n) is 1.80. The first-order chi connectivity index (χ1) is 11.0. The van der Waals surface area contributed by atoms with Gasteiger partial charge in [0.2, 0.25) is 0 Å². The molecule has 0 bridgehead atoms. The van der Waals surface area contributed by atoms with E-state index in [2.05, 4.69) is 9.97 Å². The number of halogens is 6. The molecule has 0 radical (unpaired) electrons. The molecule has 0 spiro atoms. The lowest BCUT2D eigenvalue weighted by Gasteiger charge is -2.13. The van der Waals surface area contributed by atoms with E-state index in [1.54, 1.807) is 0 Å². The lowest BCUT2D eigenvalue weighted by atomic mass is 10.1. The van der Waals surface area contributed by atoms with Gasteiger partial charge in [0.05, 0.1) is 12.7 Å². The number of hydrogen-bond donors (Lipinski definition) is 0. The Morgan fingerprint density at radius 2 is 1.62 bits per heavy atom. The highest BCUT2D eigenvalue weighted by molar-refractivity contribution is 6.01. The van der Waals surface area contributed by atoms with Crippen LogP contribution in [-0.2, 0) is 6.18 Å². The van der Waals surface area contributed by atoms with E-state index in [0.717, 1.165) is 0 Å². The van der Waals surface area contributed by atoms with Crippen LogP contribution < -0.4 is 4.74 Å². The summed E-state index contributed by atoms with van der Waals surface area (Å²) in [6.45, 7) is 0. The van der Waals surface area contributed by atoms with Gasteiger partial charge >= 0.3 is 12.4 Å². The van der Waals surface area contributed by atoms with E-state index in [1.807, 2.05) is 0 Å². The number of hydrogen-bond acceptors (Lipinski definition) is 4. The van der Waals surface area contributed by atoms with Gasteiger partial charge in [0.15, 0.2) is 11.5 Å². The molecular formula is C14H8F6N2O2. The van der Waals surface area contributed by atoms with Crippen LogP contribution in [0, 0.1) is 0 Å². The maximum atomic E-state index is 13.0. The summed E-state index contributed by atoms with van der Waals surface area (Å²) in [7, 11) is 1.38. The molecule has 0 unspecified atom stereocenters. The highest BCUT2D eigenvalue weighted by Crippen LogP contribution is 2.34. The maximum Gasteiger partial charge on any atom is 0.455 e. The molecule has 2 rings (SSSR count). The van der Waals surface area contributed by atoms with Crippen LogP contribution in [-0.4, -0.2) is 29.0 Å². The predicted octanol–water partition coefficient (Wildman–Crippen LogP) is 3.92. The minimum absolute atomic E-state index is 0.118. The van der Waals surface area contributed by atoms with E-state index in [1.165, 1.54) is 31.4 Å². The summed E-state index contributed by atoms with van der Waals surface area (Å²) in [5.41, 5.74) is -3.47. The van der Waals surface area contributed by atoms with Crippen LogP contribution in [0.25, 0.3) is 11.4 Å². The molecule has 0 aliphatic heterocycles. The van der Waals surface area contributed by atoms with Crippen molar-refractivity contribution in [2.45, 2.75) is 12.4 Å². The standard InChI is InChI=1S/C14H8F6N2O2/c1-24-8-4-2-7(3-5-8)12-21-6-9(11(23)14(18,19)20)10(22-12)13(15,16)17/h2-6H,1H3. The van der Waals surface area contributed by atoms with Gasteiger partial charge in [0, 0.05) is 11.8 Å². The van der Waals surface area contributed by atoms with Crippen LogP contribution in [0.15, 0.2) is 30.5 Å². The number of aromatic nitrogens is 2. The third kappa shape index (κ3) is 3.63. The summed E-state index contributed by atoms with van der Waals surface area (Å²) >= 11 is 0. The minimum atomic E-state index is -5.47. The van der Waals surface area contributed by atoms with Gasteiger partial charge in [-0.15, -0.1) is 0 Å². The van der Waals surface area contributed by atoms with E-state index in [-0.39, 0.29) is 11.8 Å². The number of nitrogens with zero attached hydrogens (tertiary/aromatic N) is 2. The summed E-state index contributed by atoms with van der Waals surface area (Å²) in [6.07, 6.45) is -10.5. The van der Waals surface area contributed by atoms with Gasteiger partial charge < -0.3 is 4.74 Å². The van der Waals surface area contributed by atoms with Crippen molar-refractivity contribution < 1.29 is 35.9 Å². The fourth-order valence-corrected chi connectivity index (χ4v) is 1.80. The van der Waals surface area contributed by atoms with Crippen LogP contribution in [0.4, 0.5) is 26.3 Å². The number of carbonyl (C=O) groups is 1. The van der Waals surface area contributed by atoms with Crippen molar-refractivity contribution in [3.63, 3.8) is 0 Å². The Hall–Kier alpha value is -2.65. The average molecular weight is 350 g/mol. The topological polar surface area (TPSA) is 52.1 Å². The van der Waals surface area contributed by atoms with E-state index in [0.29, 0.717) is 5.75 Å². The molecule has 0 saturated carbocycles. The molecule has 0 N–H and O–H groups in total. The first-order valence-corrected chi connectivity index (χ1v) is 6.24. The second-order valence-corrected chi connectivity index (χ2v) is 4.51. The molecule has 10 heteroatoms. The third-order valence-electron chi connectivity index (χ3n) is 2.91. The Morgan fingerprint density at radius 3 is 2.08 bits per heavy atom. The lowest BCUT2D eigenvalue weighted by Crippen LogP contribution is -2.27. The van der Waals surface area contributed by atoms with Crippen molar-refractivity contribution in [1.29, 1.82) is 0 Å². The monoisotopic (exact) mass is 350 g/mol. The van der Waals surface area contributed by atoms with Crippen molar-refractivity contribution in [2.24, 2.45) is 0 Å². The zero-order valence-corrected chi connectivity index (χ0v) is 11.9. The highest BCUT2D eigenvalue weighted by atomic mass is 19.4. The number of ketones is 1. The van der Waals surface area contributed by atoms with Gasteiger partial charge in [0.1, 0.15) is 5.75 Å². The molecule has 0 aliphatic carbocycles. The first-order valence-electron chi connectivity index (χ1n) is 6.24. The Bertz CT molecular complexity index is 753. The number of methoxy groups -OCH3 is 1. The SMILES string of the molecule is COc1ccc(-c2ncc(C(=O)C(F)(F)F)c(C(F)(F)F)n2)cc1. The number of benzene rings is 1. The van der Waals surface area contributed by atoms with Crippen molar-refractivity contribution in [3.05, 3.63) is 41.7 Å². The summed E-state index contributed by atoms with van der Waals surface area (Å²) in [4.78, 5) is 17.7. The van der Waals surface area contributed by atoms with Crippen molar-refractivity contribution in [1.82, 2.24) is 9.97 Å². The molecule has 24 heavy (non-hydrogen) atoms. The second-order valence-electron chi connectivity index (χ2n) is 4.51. The molecule has 0 amide bonds. The highest BCUT2D eigenvalue weighted by Gasteiger charge is 2.46. The van der Waals surface area contributed by atoms with Crippen molar-refractivity contribution in [3.8, 4) is 17.1 Å². The number of rotatable bonds is 3. The Morgan fingerprint density at radius 1 is 1.04 bits per heavy atom. The molecule has 0 fully saturated rings. The summed E-state index contributed by atoms with van der Waals surface area (Å²) in [6, 6.07) is 5.50. The summed E-state index contributed by atoms with van der Waals surface area (Å²) < 4.78 is 81.1. The molecule has 0 atom stereocenters. The first kappa shape index (κ1) is 17.7. The maximum absolute atomic E-state index is 13.0. The Balaban J connectivity index is 2.56. The quantitative estimate of drug-likeness (QED) is 0.622. The molecule has 0 saturated heterocycles. The Labute approximate surface area is 131 Å². The van der Waals surface area contributed by atoms with E-state index in [4.69, 9.17) is 4.74 Å². The molecule has 2 aromatic rings. The number of ether oxygens (including phenoxy) is 1. The smallest absolute Gasteiger partial charge is 0.455 e. The van der Waals surface area contributed by atoms with Crippen molar-refractivity contribution >= 4 is 5.78 Å². The van der Waals surface area contributed by atoms with Gasteiger partial charge in [0.25, 0.3) is 5.78 Å². The molecule has 0 aliphatic rings. The van der Waals surface area contributed by atoms with E-state index in [9.17, 15) is 31.1 Å². The van der Waals surface area contributed by atoms with Crippen LogP contribution >= 0.6 is 0 Å². The van der Waals surface area contributed by atoms with Crippen LogP contribution in [0.2, 0.25) is 0 Å². The zero-order chi connectivity index (χ0) is 18.1. The minimum Gasteiger partial charge on any atom is -0.497 e. The molecular weight excluding hydrogens is 342 g/mol. The predicted molar refractivity (Wildman–Crippen MR) is 69.4 cm³/mol. The van der Waals surface area contributed by atoms with E-state index >= 15 is 0 Å². The van der Waals surface area contributed by atoms with Crippen LogP contribution in [0.3, 0.4) is 0 Å². The number of carbonyl (C=O) groups excluding carboxylic acids is 1. The van der Waals surface area contributed by atoms with Gasteiger partial charge in [-0.3, -0.25) is 4.79 Å². The fraction of sp³-hybridized carbons (Fsp3) is 0.214. The van der Waals surface area contributed by atoms with E-state index < -0.39 is 35.2 Å². The number of Topliss-reactive ketones (excluding diaryl/α,β-unsaturated/α-hetero) is 1. The van der Waals surface area contributed by atoms with Gasteiger partial charge in [-0.25, -0.2) is 9.97 Å². The lowest BCUT2D eigenvalue weighted by molar-refractivity contribution is -0.142. The Kier molecular flexibility index (Phi) is 4.50. The average Bonchev–Trinajstić information content (AvgIpc) is 2.52. The zero-order valence-electron chi connectivity index (χ0n) is 11.9. The van der Waals surface area contributed by atoms with Gasteiger partial charge in [-0.05, 0) is 24.3 Å².